The zero-order valence-electron chi connectivity index (χ0n) is 10.8. The predicted molar refractivity (Wildman–Crippen MR) is 74.3 cm³/mol. The van der Waals surface area contributed by atoms with Gasteiger partial charge in [0.25, 0.3) is 0 Å². The first kappa shape index (κ1) is 12.4. The van der Waals surface area contributed by atoms with Crippen LogP contribution in [0.15, 0.2) is 60.7 Å². The standard InChI is InChI=1S/C17H17N/c1-14(15-9-5-3-6-10-15)17(2,13-18)16-11-7-4-8-12-16/h3-12,14H,1-2H3/t14-,17-/m1/s1. The van der Waals surface area contributed by atoms with E-state index >= 15 is 0 Å². The van der Waals surface area contributed by atoms with Gasteiger partial charge in [0.15, 0.2) is 0 Å². The van der Waals surface area contributed by atoms with Crippen LogP contribution in [0.25, 0.3) is 0 Å². The topological polar surface area (TPSA) is 23.8 Å². The first-order valence-electron chi connectivity index (χ1n) is 6.20. The van der Waals surface area contributed by atoms with Crippen LogP contribution in [0, 0.1) is 11.3 Å². The van der Waals surface area contributed by atoms with Crippen molar-refractivity contribution < 1.29 is 0 Å². The summed E-state index contributed by atoms with van der Waals surface area (Å²) in [5.74, 6) is 0.158. The third-order valence-electron chi connectivity index (χ3n) is 3.77. The van der Waals surface area contributed by atoms with Gasteiger partial charge >= 0.3 is 0 Å². The van der Waals surface area contributed by atoms with Gasteiger partial charge in [-0.1, -0.05) is 67.6 Å². The van der Waals surface area contributed by atoms with Crippen LogP contribution in [-0.2, 0) is 5.41 Å². The minimum absolute atomic E-state index is 0.158. The van der Waals surface area contributed by atoms with E-state index in [2.05, 4.69) is 25.1 Å². The second-order valence-corrected chi connectivity index (χ2v) is 4.81. The Morgan fingerprint density at radius 1 is 0.944 bits per heavy atom. The summed E-state index contributed by atoms with van der Waals surface area (Å²) in [5, 5.41) is 9.62. The molecule has 0 aromatic heterocycles. The van der Waals surface area contributed by atoms with E-state index in [1.165, 1.54) is 5.56 Å². The lowest BCUT2D eigenvalue weighted by atomic mass is 9.71. The van der Waals surface area contributed by atoms with Crippen LogP contribution in [0.3, 0.4) is 0 Å². The minimum Gasteiger partial charge on any atom is -0.197 e. The molecule has 18 heavy (non-hydrogen) atoms. The minimum atomic E-state index is -0.497. The molecule has 0 amide bonds. The predicted octanol–water partition coefficient (Wildman–Crippen LogP) is 4.27. The van der Waals surface area contributed by atoms with E-state index in [0.717, 1.165) is 5.56 Å². The lowest BCUT2D eigenvalue weighted by Gasteiger charge is -2.29. The van der Waals surface area contributed by atoms with Crippen molar-refractivity contribution in [1.82, 2.24) is 0 Å². The van der Waals surface area contributed by atoms with Crippen LogP contribution >= 0.6 is 0 Å². The van der Waals surface area contributed by atoms with Gasteiger partial charge in [-0.25, -0.2) is 0 Å². The Morgan fingerprint density at radius 3 is 1.94 bits per heavy atom. The molecule has 0 saturated heterocycles. The van der Waals surface area contributed by atoms with E-state index in [4.69, 9.17) is 0 Å². The molecule has 2 aromatic rings. The Morgan fingerprint density at radius 2 is 1.44 bits per heavy atom. The molecule has 0 aliphatic heterocycles. The van der Waals surface area contributed by atoms with Crippen molar-refractivity contribution in [1.29, 1.82) is 5.26 Å². The maximum Gasteiger partial charge on any atom is 0.0859 e. The normalized spacial score (nSPS) is 15.4. The van der Waals surface area contributed by atoms with Gasteiger partial charge in [-0.15, -0.1) is 0 Å². The van der Waals surface area contributed by atoms with Crippen LogP contribution in [0.1, 0.15) is 30.9 Å². The van der Waals surface area contributed by atoms with Gasteiger partial charge in [0.05, 0.1) is 11.5 Å². The van der Waals surface area contributed by atoms with Crippen LogP contribution in [0.2, 0.25) is 0 Å². The smallest absolute Gasteiger partial charge is 0.0859 e. The molecule has 0 spiro atoms. The number of benzene rings is 2. The summed E-state index contributed by atoms with van der Waals surface area (Å²) >= 11 is 0. The SMILES string of the molecule is C[C@H](c1ccccc1)[C@@](C)(C#N)c1ccccc1. The largest absolute Gasteiger partial charge is 0.197 e. The van der Waals surface area contributed by atoms with Gasteiger partial charge < -0.3 is 0 Å². The fourth-order valence-corrected chi connectivity index (χ4v) is 2.27. The van der Waals surface area contributed by atoms with E-state index in [0.29, 0.717) is 0 Å². The quantitative estimate of drug-likeness (QED) is 0.779. The van der Waals surface area contributed by atoms with Crippen LogP contribution in [-0.4, -0.2) is 0 Å². The summed E-state index contributed by atoms with van der Waals surface area (Å²) in [4.78, 5) is 0. The molecule has 0 N–H and O–H groups in total. The number of nitrogens with zero attached hydrogens (tertiary/aromatic N) is 1. The Labute approximate surface area is 109 Å². The molecule has 0 unspecified atom stereocenters. The highest BCUT2D eigenvalue weighted by molar-refractivity contribution is 5.38. The van der Waals surface area contributed by atoms with Crippen molar-refractivity contribution in [2.45, 2.75) is 25.2 Å². The first-order chi connectivity index (χ1) is 8.68. The van der Waals surface area contributed by atoms with Crippen molar-refractivity contribution in [2.24, 2.45) is 0 Å². The van der Waals surface area contributed by atoms with Crippen molar-refractivity contribution in [3.63, 3.8) is 0 Å². The first-order valence-corrected chi connectivity index (χ1v) is 6.20. The summed E-state index contributed by atoms with van der Waals surface area (Å²) in [6.45, 7) is 4.13. The third kappa shape index (κ3) is 2.15. The van der Waals surface area contributed by atoms with Crippen LogP contribution < -0.4 is 0 Å². The maximum absolute atomic E-state index is 9.62. The van der Waals surface area contributed by atoms with Gasteiger partial charge in [-0.2, -0.15) is 5.26 Å². The van der Waals surface area contributed by atoms with E-state index in [9.17, 15) is 5.26 Å². The van der Waals surface area contributed by atoms with E-state index in [1.54, 1.807) is 0 Å². The molecule has 0 radical (unpaired) electrons. The Hall–Kier alpha value is -2.07. The van der Waals surface area contributed by atoms with Gasteiger partial charge in [-0.3, -0.25) is 0 Å². The summed E-state index contributed by atoms with van der Waals surface area (Å²) in [5.41, 5.74) is 1.78. The molecule has 1 heteroatoms. The average Bonchev–Trinajstić information content (AvgIpc) is 2.47. The van der Waals surface area contributed by atoms with Crippen LogP contribution in [0.5, 0.6) is 0 Å². The van der Waals surface area contributed by atoms with Crippen molar-refractivity contribution >= 4 is 0 Å². The zero-order valence-corrected chi connectivity index (χ0v) is 10.8. The lowest BCUT2D eigenvalue weighted by molar-refractivity contribution is 0.504. The van der Waals surface area contributed by atoms with E-state index in [1.807, 2.05) is 55.5 Å². The molecule has 0 aliphatic carbocycles. The van der Waals surface area contributed by atoms with E-state index in [-0.39, 0.29) is 5.92 Å². The second-order valence-electron chi connectivity index (χ2n) is 4.81. The number of rotatable bonds is 3. The number of nitriles is 1. The maximum atomic E-state index is 9.62. The molecule has 2 atom stereocenters. The summed E-state index contributed by atoms with van der Waals surface area (Å²) in [7, 11) is 0. The zero-order chi connectivity index (χ0) is 13.0. The molecule has 2 rings (SSSR count). The highest BCUT2D eigenvalue weighted by Crippen LogP contribution is 2.37. The molecular formula is C17H17N. The molecule has 0 bridgehead atoms. The highest BCUT2D eigenvalue weighted by atomic mass is 14.4. The van der Waals surface area contributed by atoms with Gasteiger partial charge in [0.1, 0.15) is 0 Å². The molecule has 1 nitrogen and oxygen atoms in total. The van der Waals surface area contributed by atoms with Gasteiger partial charge in [0.2, 0.25) is 0 Å². The number of hydrogen-bond donors (Lipinski definition) is 0. The molecule has 2 aromatic carbocycles. The van der Waals surface area contributed by atoms with Gasteiger partial charge in [0, 0.05) is 5.92 Å². The monoisotopic (exact) mass is 235 g/mol. The highest BCUT2D eigenvalue weighted by Gasteiger charge is 2.33. The molecule has 0 heterocycles. The van der Waals surface area contributed by atoms with Crippen molar-refractivity contribution in [2.75, 3.05) is 0 Å². The molecule has 90 valence electrons. The van der Waals surface area contributed by atoms with Gasteiger partial charge in [-0.05, 0) is 18.1 Å². The summed E-state index contributed by atoms with van der Waals surface area (Å²) < 4.78 is 0. The molecule has 0 aliphatic rings. The number of hydrogen-bond acceptors (Lipinski definition) is 1. The van der Waals surface area contributed by atoms with E-state index < -0.39 is 5.41 Å². The fraction of sp³-hybridized carbons (Fsp3) is 0.235. The Kier molecular flexibility index (Phi) is 3.48. The molecule has 0 saturated carbocycles. The molecular weight excluding hydrogens is 218 g/mol. The fourth-order valence-electron chi connectivity index (χ4n) is 2.27. The van der Waals surface area contributed by atoms with Crippen LogP contribution in [0.4, 0.5) is 0 Å². The van der Waals surface area contributed by atoms with Crippen molar-refractivity contribution in [3.8, 4) is 6.07 Å². The second kappa shape index (κ2) is 5.06. The third-order valence-corrected chi connectivity index (χ3v) is 3.77. The summed E-state index contributed by atoms with van der Waals surface area (Å²) in [6.07, 6.45) is 0. The van der Waals surface area contributed by atoms with Crippen molar-refractivity contribution in [3.05, 3.63) is 71.8 Å². The lowest BCUT2D eigenvalue weighted by Crippen LogP contribution is -2.26. The Balaban J connectivity index is 2.43. The Bertz CT molecular complexity index is 539. The molecule has 0 fully saturated rings. The average molecular weight is 235 g/mol. The summed E-state index contributed by atoms with van der Waals surface area (Å²) in [6, 6.07) is 22.7.